The number of hydrogen-bond donors (Lipinski definition) is 0. The second-order valence-electron chi connectivity index (χ2n) is 6.65. The van der Waals surface area contributed by atoms with Crippen LogP contribution in [0.25, 0.3) is 0 Å². The van der Waals surface area contributed by atoms with Crippen LogP contribution in [0.3, 0.4) is 0 Å². The van der Waals surface area contributed by atoms with Gasteiger partial charge in [-0.05, 0) is 37.6 Å². The molecule has 0 N–H and O–H groups in total. The molecular weight excluding hydrogens is 282 g/mol. The normalized spacial score (nSPS) is 16.9. The van der Waals surface area contributed by atoms with E-state index in [2.05, 4.69) is 66.5 Å². The van der Waals surface area contributed by atoms with Crippen LogP contribution in [0.4, 0.5) is 0 Å². The summed E-state index contributed by atoms with van der Waals surface area (Å²) in [7, 11) is 1.62. The molecule has 2 heteroatoms. The fraction of sp³-hybridized carbons (Fsp3) is 0.400. The molecule has 0 spiro atoms. The predicted molar refractivity (Wildman–Crippen MR) is 98.6 cm³/mol. The van der Waals surface area contributed by atoms with Gasteiger partial charge in [-0.2, -0.15) is 0 Å². The van der Waals surface area contributed by atoms with E-state index in [-0.39, 0.29) is 0 Å². The van der Waals surface area contributed by atoms with Crippen LogP contribution in [0.1, 0.15) is 24.0 Å². The molecule has 0 saturated heterocycles. The topological polar surface area (TPSA) is 3.24 Å². The van der Waals surface area contributed by atoms with E-state index < -0.39 is 8.80 Å². The lowest BCUT2D eigenvalue weighted by molar-refractivity contribution is 0.321. The molecule has 2 aromatic carbocycles. The summed E-state index contributed by atoms with van der Waals surface area (Å²) in [5.74, 6) is 0. The van der Waals surface area contributed by atoms with E-state index in [9.17, 15) is 0 Å². The van der Waals surface area contributed by atoms with Gasteiger partial charge in [0.25, 0.3) is 0 Å². The highest BCUT2D eigenvalue weighted by molar-refractivity contribution is 6.74. The van der Waals surface area contributed by atoms with Gasteiger partial charge in [0.1, 0.15) is 0 Å². The summed E-state index contributed by atoms with van der Waals surface area (Å²) >= 11 is 0. The second-order valence-corrected chi connectivity index (χ2v) is 9.82. The first-order valence-electron chi connectivity index (χ1n) is 8.63. The smallest absolute Gasteiger partial charge is 0.0715 e. The Balaban J connectivity index is 1.38. The van der Waals surface area contributed by atoms with Gasteiger partial charge in [-0.15, -0.1) is 0 Å². The van der Waals surface area contributed by atoms with Crippen molar-refractivity contribution in [2.45, 2.75) is 37.9 Å². The second kappa shape index (κ2) is 7.75. The molecule has 1 heterocycles. The van der Waals surface area contributed by atoms with E-state index in [0.29, 0.717) is 0 Å². The lowest BCUT2D eigenvalue weighted by atomic mass is 10.2. The van der Waals surface area contributed by atoms with E-state index in [4.69, 9.17) is 0 Å². The van der Waals surface area contributed by atoms with Crippen LogP contribution in [0.2, 0.25) is 12.1 Å². The Bertz CT molecular complexity index is 581. The maximum atomic E-state index is 2.46. The van der Waals surface area contributed by atoms with Gasteiger partial charge in [0.05, 0.1) is 8.80 Å². The van der Waals surface area contributed by atoms with Gasteiger partial charge in [-0.3, -0.25) is 0 Å². The van der Waals surface area contributed by atoms with E-state index in [0.717, 1.165) is 6.54 Å². The van der Waals surface area contributed by atoms with E-state index in [1.807, 2.05) is 0 Å². The minimum atomic E-state index is -0.629. The highest BCUT2D eigenvalue weighted by atomic mass is 28.3. The molecule has 3 rings (SSSR count). The van der Waals surface area contributed by atoms with Crippen molar-refractivity contribution >= 4 is 14.0 Å². The summed E-state index contributed by atoms with van der Waals surface area (Å²) in [6.45, 7) is 2.29. The molecule has 0 unspecified atom stereocenters. The zero-order chi connectivity index (χ0) is 15.2. The molecule has 0 fully saturated rings. The molecule has 0 bridgehead atoms. The molecule has 2 aromatic rings. The standard InChI is InChI=1S/C20H27NSi/c1-21(17-18-9-3-2-4-10-18)14-7-8-15-22-16-13-19-11-5-6-12-20(19)22/h2-6,9-12,22H,7-8,13-17H2,1H3/t22-/m0/s1. The van der Waals surface area contributed by atoms with Crippen molar-refractivity contribution in [3.8, 4) is 0 Å². The third kappa shape index (κ3) is 4.08. The Kier molecular flexibility index (Phi) is 5.46. The van der Waals surface area contributed by atoms with Crippen LogP contribution in [0.5, 0.6) is 0 Å². The van der Waals surface area contributed by atoms with Gasteiger partial charge < -0.3 is 4.90 Å². The molecule has 1 aliphatic heterocycles. The summed E-state index contributed by atoms with van der Waals surface area (Å²) in [5, 5.41) is 1.76. The molecule has 1 aliphatic rings. The summed E-state index contributed by atoms with van der Waals surface area (Å²) in [4.78, 5) is 2.46. The lowest BCUT2D eigenvalue weighted by Gasteiger charge is -2.17. The van der Waals surface area contributed by atoms with Gasteiger partial charge in [-0.1, -0.05) is 78.3 Å². The first kappa shape index (κ1) is 15.5. The quantitative estimate of drug-likeness (QED) is 0.558. The maximum absolute atomic E-state index is 2.46. The molecule has 0 amide bonds. The van der Waals surface area contributed by atoms with E-state index in [1.165, 1.54) is 43.5 Å². The van der Waals surface area contributed by atoms with Crippen molar-refractivity contribution in [2.24, 2.45) is 0 Å². The summed E-state index contributed by atoms with van der Waals surface area (Å²) < 4.78 is 0. The zero-order valence-corrected chi connectivity index (χ0v) is 14.8. The molecule has 22 heavy (non-hydrogen) atoms. The fourth-order valence-electron chi connectivity index (χ4n) is 3.69. The largest absolute Gasteiger partial charge is 0.302 e. The molecular formula is C20H27NSi. The monoisotopic (exact) mass is 309 g/mol. The average Bonchev–Trinajstić information content (AvgIpc) is 2.96. The van der Waals surface area contributed by atoms with Gasteiger partial charge in [0, 0.05) is 6.54 Å². The first-order chi connectivity index (χ1) is 10.8. The first-order valence-corrected chi connectivity index (χ1v) is 10.8. The van der Waals surface area contributed by atoms with Crippen molar-refractivity contribution in [1.29, 1.82) is 0 Å². The van der Waals surface area contributed by atoms with E-state index in [1.54, 1.807) is 10.8 Å². The van der Waals surface area contributed by atoms with Crippen LogP contribution >= 0.6 is 0 Å². The molecule has 0 aromatic heterocycles. The highest BCUT2D eigenvalue weighted by Gasteiger charge is 2.22. The Hall–Kier alpha value is -1.38. The highest BCUT2D eigenvalue weighted by Crippen LogP contribution is 2.18. The summed E-state index contributed by atoms with van der Waals surface area (Å²) in [6, 6.07) is 23.0. The van der Waals surface area contributed by atoms with Crippen molar-refractivity contribution in [1.82, 2.24) is 4.90 Å². The number of unbranched alkanes of at least 4 members (excludes halogenated alkanes) is 1. The molecule has 0 saturated carbocycles. The summed E-state index contributed by atoms with van der Waals surface area (Å²) in [5.41, 5.74) is 3.07. The number of fused-ring (bicyclic) bond motifs is 1. The van der Waals surface area contributed by atoms with Crippen LogP contribution in [-0.4, -0.2) is 27.3 Å². The Morgan fingerprint density at radius 2 is 1.73 bits per heavy atom. The van der Waals surface area contributed by atoms with E-state index >= 15 is 0 Å². The molecule has 1 atom stereocenters. The Labute approximate surface area is 136 Å². The van der Waals surface area contributed by atoms with Gasteiger partial charge in [0.2, 0.25) is 0 Å². The third-order valence-electron chi connectivity index (χ3n) is 4.89. The Morgan fingerprint density at radius 3 is 2.59 bits per heavy atom. The van der Waals surface area contributed by atoms with Crippen molar-refractivity contribution < 1.29 is 0 Å². The minimum absolute atomic E-state index is 0.629. The Morgan fingerprint density at radius 1 is 0.955 bits per heavy atom. The lowest BCUT2D eigenvalue weighted by Crippen LogP contribution is -2.26. The zero-order valence-electron chi connectivity index (χ0n) is 13.7. The number of nitrogens with zero attached hydrogens (tertiary/aromatic N) is 1. The predicted octanol–water partition coefficient (Wildman–Crippen LogP) is 3.59. The minimum Gasteiger partial charge on any atom is -0.302 e. The summed E-state index contributed by atoms with van der Waals surface area (Å²) in [6.07, 6.45) is 4.10. The van der Waals surface area contributed by atoms with Crippen molar-refractivity contribution in [3.63, 3.8) is 0 Å². The third-order valence-corrected chi connectivity index (χ3v) is 8.43. The number of aryl methyl sites for hydroxylation is 1. The van der Waals surface area contributed by atoms with Crippen LogP contribution in [-0.2, 0) is 13.0 Å². The fourth-order valence-corrected chi connectivity index (χ4v) is 7.19. The average molecular weight is 310 g/mol. The number of rotatable bonds is 7. The maximum Gasteiger partial charge on any atom is 0.0715 e. The molecule has 116 valence electrons. The van der Waals surface area contributed by atoms with Gasteiger partial charge in [0.15, 0.2) is 0 Å². The molecule has 0 aliphatic carbocycles. The van der Waals surface area contributed by atoms with Crippen LogP contribution < -0.4 is 5.19 Å². The van der Waals surface area contributed by atoms with Crippen LogP contribution in [0, 0.1) is 0 Å². The van der Waals surface area contributed by atoms with Crippen molar-refractivity contribution in [3.05, 3.63) is 65.7 Å². The number of benzene rings is 2. The van der Waals surface area contributed by atoms with Gasteiger partial charge >= 0.3 is 0 Å². The number of hydrogen-bond acceptors (Lipinski definition) is 1. The SMILES string of the molecule is CN(CCCC[Si@H]1CCc2ccccc21)Cc1ccccc1. The van der Waals surface area contributed by atoms with Crippen molar-refractivity contribution in [2.75, 3.05) is 13.6 Å². The van der Waals surface area contributed by atoms with Gasteiger partial charge in [-0.25, -0.2) is 0 Å². The molecule has 0 radical (unpaired) electrons. The molecule has 1 nitrogen and oxygen atoms in total. The van der Waals surface area contributed by atoms with Crippen LogP contribution in [0.15, 0.2) is 54.6 Å².